The first-order chi connectivity index (χ1) is 12.9. The van der Waals surface area contributed by atoms with Crippen molar-refractivity contribution in [2.75, 3.05) is 7.11 Å². The average molecular weight is 371 g/mol. The van der Waals surface area contributed by atoms with Crippen LogP contribution in [0.3, 0.4) is 0 Å². The number of nitrogens with zero attached hydrogens (tertiary/aromatic N) is 2. The second-order valence-electron chi connectivity index (χ2n) is 5.48. The highest BCUT2D eigenvalue weighted by Gasteiger charge is 2.36. The molecule has 10 nitrogen and oxygen atoms in total. The highest BCUT2D eigenvalue weighted by atomic mass is 16.6. The van der Waals surface area contributed by atoms with E-state index in [1.807, 2.05) is 0 Å². The number of amides is 4. The summed E-state index contributed by atoms with van der Waals surface area (Å²) in [5.74, 6) is -1.33. The highest BCUT2D eigenvalue weighted by Crippen LogP contribution is 2.29. The first-order valence-electron chi connectivity index (χ1n) is 7.64. The smallest absolute Gasteiger partial charge is 0.331 e. The van der Waals surface area contributed by atoms with E-state index in [0.717, 1.165) is 4.90 Å². The lowest BCUT2D eigenvalue weighted by molar-refractivity contribution is -0.385. The summed E-state index contributed by atoms with van der Waals surface area (Å²) in [6.07, 6.45) is 2.56. The lowest BCUT2D eigenvalue weighted by Gasteiger charge is -2.25. The number of carbonyl (C=O) groups is 3. The van der Waals surface area contributed by atoms with E-state index < -0.39 is 22.8 Å². The lowest BCUT2D eigenvalue weighted by atomic mass is 10.1. The van der Waals surface area contributed by atoms with Crippen molar-refractivity contribution >= 4 is 29.6 Å². The van der Waals surface area contributed by atoms with Crippen LogP contribution < -0.4 is 10.1 Å². The Balaban J connectivity index is 1.95. The molecule has 10 heteroatoms. The molecule has 0 spiro atoms. The molecule has 1 saturated heterocycles. The summed E-state index contributed by atoms with van der Waals surface area (Å²) in [5.41, 5.74) is -0.423. The van der Waals surface area contributed by atoms with Crippen LogP contribution in [-0.4, -0.2) is 34.8 Å². The molecule has 0 saturated carbocycles. The predicted molar refractivity (Wildman–Crippen MR) is 90.4 cm³/mol. The molecular weight excluding hydrogens is 358 g/mol. The van der Waals surface area contributed by atoms with Crippen LogP contribution in [0.15, 0.2) is 46.6 Å². The maximum absolute atomic E-state index is 12.6. The number of nitro groups is 1. The van der Waals surface area contributed by atoms with Gasteiger partial charge in [0.1, 0.15) is 11.3 Å². The molecule has 0 unspecified atom stereocenters. The number of nitro benzene ring substituents is 1. The van der Waals surface area contributed by atoms with Crippen LogP contribution in [0, 0.1) is 10.1 Å². The molecule has 0 radical (unpaired) electrons. The fraction of sp³-hybridized carbons (Fsp3) is 0.118. The number of rotatable bonds is 5. The van der Waals surface area contributed by atoms with Gasteiger partial charge in [0.25, 0.3) is 11.8 Å². The molecule has 0 bridgehead atoms. The van der Waals surface area contributed by atoms with Gasteiger partial charge in [0.15, 0.2) is 5.75 Å². The minimum absolute atomic E-state index is 0.0381. The molecule has 1 N–H and O–H groups in total. The maximum atomic E-state index is 12.6. The summed E-state index contributed by atoms with van der Waals surface area (Å²) in [5, 5.41) is 13.2. The van der Waals surface area contributed by atoms with Gasteiger partial charge in [-0.2, -0.15) is 0 Å². The molecule has 1 aromatic heterocycles. The van der Waals surface area contributed by atoms with Gasteiger partial charge in [0.05, 0.1) is 24.8 Å². The van der Waals surface area contributed by atoms with Gasteiger partial charge in [-0.25, -0.2) is 4.79 Å². The van der Waals surface area contributed by atoms with Crippen LogP contribution in [0.1, 0.15) is 11.3 Å². The quantitative estimate of drug-likeness (QED) is 0.367. The number of methoxy groups -OCH3 is 1. The van der Waals surface area contributed by atoms with Gasteiger partial charge in [0, 0.05) is 6.07 Å². The fourth-order valence-electron chi connectivity index (χ4n) is 2.50. The number of ether oxygens (including phenoxy) is 1. The van der Waals surface area contributed by atoms with Gasteiger partial charge < -0.3 is 9.15 Å². The van der Waals surface area contributed by atoms with Crippen molar-refractivity contribution in [2.24, 2.45) is 0 Å². The van der Waals surface area contributed by atoms with Crippen LogP contribution in [0.5, 0.6) is 5.75 Å². The summed E-state index contributed by atoms with van der Waals surface area (Å²) >= 11 is 0. The highest BCUT2D eigenvalue weighted by molar-refractivity contribution is 6.30. The van der Waals surface area contributed by atoms with Gasteiger partial charge in [0.2, 0.25) is 0 Å². The van der Waals surface area contributed by atoms with Gasteiger partial charge in [-0.3, -0.25) is 29.9 Å². The van der Waals surface area contributed by atoms with E-state index >= 15 is 0 Å². The third kappa shape index (κ3) is 3.54. The predicted octanol–water partition coefficient (Wildman–Crippen LogP) is 1.86. The molecule has 1 aliphatic rings. The monoisotopic (exact) mass is 371 g/mol. The Bertz CT molecular complexity index is 963. The van der Waals surface area contributed by atoms with E-state index in [-0.39, 0.29) is 29.1 Å². The Hall–Kier alpha value is -3.95. The Kier molecular flexibility index (Phi) is 4.71. The maximum Gasteiger partial charge on any atom is 0.331 e. The molecule has 3 rings (SSSR count). The standard InChI is InChI=1S/C17H13N3O7/c1-26-14-5-4-10(8-13(14)20(24)25)7-12-15(21)18-17(23)19(16(12)22)9-11-3-2-6-27-11/h2-8H,9H2,1H3,(H,18,21,23). The van der Waals surface area contributed by atoms with E-state index in [2.05, 4.69) is 5.32 Å². The molecular formula is C17H13N3O7. The second-order valence-corrected chi connectivity index (χ2v) is 5.48. The van der Waals surface area contributed by atoms with Crippen LogP contribution in [0.25, 0.3) is 6.08 Å². The van der Waals surface area contributed by atoms with Crippen molar-refractivity contribution in [3.8, 4) is 5.75 Å². The van der Waals surface area contributed by atoms with E-state index in [1.54, 1.807) is 12.1 Å². The summed E-state index contributed by atoms with van der Waals surface area (Å²) in [6.45, 7) is -0.162. The van der Waals surface area contributed by atoms with Gasteiger partial charge >= 0.3 is 11.7 Å². The molecule has 1 fully saturated rings. The van der Waals surface area contributed by atoms with Crippen molar-refractivity contribution in [3.05, 3.63) is 63.6 Å². The lowest BCUT2D eigenvalue weighted by Crippen LogP contribution is -2.53. The van der Waals surface area contributed by atoms with E-state index in [9.17, 15) is 24.5 Å². The molecule has 1 aromatic carbocycles. The molecule has 4 amide bonds. The third-order valence-electron chi connectivity index (χ3n) is 3.79. The van der Waals surface area contributed by atoms with Gasteiger partial charge in [-0.1, -0.05) is 6.07 Å². The zero-order valence-corrected chi connectivity index (χ0v) is 14.0. The van der Waals surface area contributed by atoms with Crippen molar-refractivity contribution in [2.45, 2.75) is 6.54 Å². The summed E-state index contributed by atoms with van der Waals surface area (Å²) in [7, 11) is 1.29. The Morgan fingerprint density at radius 1 is 1.30 bits per heavy atom. The molecule has 1 aliphatic heterocycles. The Morgan fingerprint density at radius 3 is 2.70 bits per heavy atom. The van der Waals surface area contributed by atoms with E-state index in [1.165, 1.54) is 37.6 Å². The zero-order chi connectivity index (χ0) is 19.6. The number of benzene rings is 1. The topological polar surface area (TPSA) is 132 Å². The minimum Gasteiger partial charge on any atom is -0.490 e. The molecule has 27 heavy (non-hydrogen) atoms. The first-order valence-corrected chi connectivity index (χ1v) is 7.64. The minimum atomic E-state index is -0.890. The number of furan rings is 1. The number of hydrogen-bond acceptors (Lipinski definition) is 7. The summed E-state index contributed by atoms with van der Waals surface area (Å²) in [6, 6.07) is 6.26. The second kappa shape index (κ2) is 7.12. The van der Waals surface area contributed by atoms with Crippen LogP contribution in [-0.2, 0) is 16.1 Å². The molecule has 0 atom stereocenters. The molecule has 2 aromatic rings. The van der Waals surface area contributed by atoms with Crippen molar-refractivity contribution < 1.29 is 28.5 Å². The number of barbiturate groups is 1. The molecule has 138 valence electrons. The van der Waals surface area contributed by atoms with Crippen LogP contribution >= 0.6 is 0 Å². The average Bonchev–Trinajstić information content (AvgIpc) is 3.15. The fourth-order valence-corrected chi connectivity index (χ4v) is 2.50. The number of imide groups is 2. The molecule has 2 heterocycles. The number of urea groups is 1. The summed E-state index contributed by atoms with van der Waals surface area (Å²) < 4.78 is 10.0. The van der Waals surface area contributed by atoms with Crippen LogP contribution in [0.2, 0.25) is 0 Å². The SMILES string of the molecule is COc1ccc(C=C2C(=O)NC(=O)N(Cc3ccco3)C2=O)cc1[N+](=O)[O-]. The van der Waals surface area contributed by atoms with Gasteiger partial charge in [-0.05, 0) is 29.8 Å². The summed E-state index contributed by atoms with van der Waals surface area (Å²) in [4.78, 5) is 47.9. The van der Waals surface area contributed by atoms with E-state index in [0.29, 0.717) is 5.76 Å². The number of hydrogen-bond donors (Lipinski definition) is 1. The normalized spacial score (nSPS) is 15.8. The Morgan fingerprint density at radius 2 is 2.07 bits per heavy atom. The van der Waals surface area contributed by atoms with Crippen molar-refractivity contribution in [1.29, 1.82) is 0 Å². The van der Waals surface area contributed by atoms with Crippen molar-refractivity contribution in [1.82, 2.24) is 10.2 Å². The number of carbonyl (C=O) groups excluding carboxylic acids is 3. The first kappa shape index (κ1) is 17.9. The molecule has 0 aliphatic carbocycles. The third-order valence-corrected chi connectivity index (χ3v) is 3.79. The van der Waals surface area contributed by atoms with Crippen molar-refractivity contribution in [3.63, 3.8) is 0 Å². The Labute approximate surface area is 152 Å². The zero-order valence-electron chi connectivity index (χ0n) is 14.0. The van der Waals surface area contributed by atoms with Gasteiger partial charge in [-0.15, -0.1) is 0 Å². The largest absolute Gasteiger partial charge is 0.490 e. The number of nitrogens with one attached hydrogen (secondary N) is 1. The van der Waals surface area contributed by atoms with E-state index in [4.69, 9.17) is 9.15 Å². The van der Waals surface area contributed by atoms with Crippen LogP contribution in [0.4, 0.5) is 10.5 Å².